The summed E-state index contributed by atoms with van der Waals surface area (Å²) in [6, 6.07) is 8.41. The number of aliphatic hydroxyl groups is 2. The topological polar surface area (TPSA) is 93.8 Å². The molecule has 1 saturated heterocycles. The van der Waals surface area contributed by atoms with Gasteiger partial charge in [0.1, 0.15) is 5.75 Å². The second-order valence-electron chi connectivity index (χ2n) is 4.36. The minimum absolute atomic E-state index is 0.122. The fourth-order valence-corrected chi connectivity index (χ4v) is 1.84. The van der Waals surface area contributed by atoms with Crippen molar-refractivity contribution < 1.29 is 19.7 Å². The van der Waals surface area contributed by atoms with Crippen molar-refractivity contribution >= 4 is 5.91 Å². The average molecular weight is 262 g/mol. The number of nitrogens with zero attached hydrogens (tertiary/aromatic N) is 2. The van der Waals surface area contributed by atoms with Crippen molar-refractivity contribution in [1.82, 2.24) is 4.90 Å². The molecule has 19 heavy (non-hydrogen) atoms. The first-order valence-corrected chi connectivity index (χ1v) is 5.87. The quantitative estimate of drug-likeness (QED) is 0.766. The van der Waals surface area contributed by atoms with E-state index >= 15 is 0 Å². The Balaban J connectivity index is 1.85. The first kappa shape index (κ1) is 13.3. The maximum absolute atomic E-state index is 11.8. The molecular formula is C13H14N2O4. The summed E-state index contributed by atoms with van der Waals surface area (Å²) in [6.07, 6.45) is -1.78. The van der Waals surface area contributed by atoms with Crippen LogP contribution in [0, 0.1) is 11.3 Å². The van der Waals surface area contributed by atoms with E-state index in [1.807, 2.05) is 6.07 Å². The third kappa shape index (κ3) is 3.22. The van der Waals surface area contributed by atoms with E-state index < -0.39 is 12.2 Å². The van der Waals surface area contributed by atoms with Crippen LogP contribution in [0.1, 0.15) is 5.56 Å². The molecule has 100 valence electrons. The van der Waals surface area contributed by atoms with Crippen molar-refractivity contribution in [3.8, 4) is 11.8 Å². The third-order valence-electron chi connectivity index (χ3n) is 2.96. The number of ether oxygens (including phenoxy) is 1. The Morgan fingerprint density at radius 1 is 1.32 bits per heavy atom. The number of benzene rings is 1. The highest BCUT2D eigenvalue weighted by Gasteiger charge is 2.32. The minimum atomic E-state index is -0.890. The van der Waals surface area contributed by atoms with Gasteiger partial charge in [-0.25, -0.2) is 0 Å². The molecule has 1 heterocycles. The highest BCUT2D eigenvalue weighted by molar-refractivity contribution is 5.78. The van der Waals surface area contributed by atoms with Crippen molar-refractivity contribution in [1.29, 1.82) is 5.26 Å². The number of likely N-dealkylation sites (tertiary alicyclic amines) is 1. The van der Waals surface area contributed by atoms with Gasteiger partial charge in [-0.15, -0.1) is 0 Å². The van der Waals surface area contributed by atoms with E-state index in [1.165, 1.54) is 4.90 Å². The predicted octanol–water partition coefficient (Wildman–Crippen LogP) is -0.499. The van der Waals surface area contributed by atoms with Gasteiger partial charge < -0.3 is 19.8 Å². The SMILES string of the molecule is N#Cc1ccc(OCC(=O)N2C[C@@H](O)[C@@H](O)C2)cc1. The van der Waals surface area contributed by atoms with Crippen LogP contribution in [0.25, 0.3) is 0 Å². The summed E-state index contributed by atoms with van der Waals surface area (Å²) in [7, 11) is 0. The molecule has 6 heteroatoms. The summed E-state index contributed by atoms with van der Waals surface area (Å²) in [5.41, 5.74) is 0.518. The Hall–Kier alpha value is -2.10. The van der Waals surface area contributed by atoms with Crippen molar-refractivity contribution in [3.63, 3.8) is 0 Å². The molecule has 1 aliphatic rings. The molecule has 0 saturated carbocycles. The maximum Gasteiger partial charge on any atom is 0.260 e. The summed E-state index contributed by atoms with van der Waals surface area (Å²) in [4.78, 5) is 13.1. The molecule has 1 amide bonds. The van der Waals surface area contributed by atoms with Gasteiger partial charge in [-0.2, -0.15) is 5.26 Å². The molecular weight excluding hydrogens is 248 g/mol. The highest BCUT2D eigenvalue weighted by atomic mass is 16.5. The Kier molecular flexibility index (Phi) is 4.00. The second-order valence-corrected chi connectivity index (χ2v) is 4.36. The van der Waals surface area contributed by atoms with Crippen LogP contribution in [0.15, 0.2) is 24.3 Å². The molecule has 2 rings (SSSR count). The van der Waals surface area contributed by atoms with Crippen molar-refractivity contribution in [2.75, 3.05) is 19.7 Å². The number of hydrogen-bond acceptors (Lipinski definition) is 5. The molecule has 1 aromatic carbocycles. The number of nitriles is 1. The lowest BCUT2D eigenvalue weighted by Gasteiger charge is -2.15. The van der Waals surface area contributed by atoms with Gasteiger partial charge in [0, 0.05) is 13.1 Å². The molecule has 1 fully saturated rings. The molecule has 2 atom stereocenters. The number of rotatable bonds is 3. The zero-order chi connectivity index (χ0) is 13.8. The summed E-state index contributed by atoms with van der Waals surface area (Å²) < 4.78 is 5.29. The lowest BCUT2D eigenvalue weighted by atomic mass is 10.2. The summed E-state index contributed by atoms with van der Waals surface area (Å²) in [5, 5.41) is 27.3. The zero-order valence-electron chi connectivity index (χ0n) is 10.2. The Morgan fingerprint density at radius 3 is 2.42 bits per heavy atom. The van der Waals surface area contributed by atoms with Gasteiger partial charge in [-0.05, 0) is 24.3 Å². The van der Waals surface area contributed by atoms with Gasteiger partial charge in [0.05, 0.1) is 23.8 Å². The monoisotopic (exact) mass is 262 g/mol. The Morgan fingerprint density at radius 2 is 1.89 bits per heavy atom. The van der Waals surface area contributed by atoms with E-state index in [2.05, 4.69) is 0 Å². The van der Waals surface area contributed by atoms with E-state index in [0.717, 1.165) is 0 Å². The third-order valence-corrected chi connectivity index (χ3v) is 2.96. The second kappa shape index (κ2) is 5.69. The Bertz CT molecular complexity index is 484. The number of carbonyl (C=O) groups excluding carboxylic acids is 1. The maximum atomic E-state index is 11.8. The first-order chi connectivity index (χ1) is 9.10. The molecule has 0 unspecified atom stereocenters. The number of carbonyl (C=O) groups is 1. The largest absolute Gasteiger partial charge is 0.484 e. The number of amides is 1. The van der Waals surface area contributed by atoms with Gasteiger partial charge in [0.15, 0.2) is 6.61 Å². The summed E-state index contributed by atoms with van der Waals surface area (Å²) in [6.45, 7) is 0.0821. The summed E-state index contributed by atoms with van der Waals surface area (Å²) >= 11 is 0. The fraction of sp³-hybridized carbons (Fsp3) is 0.385. The highest BCUT2D eigenvalue weighted by Crippen LogP contribution is 2.13. The van der Waals surface area contributed by atoms with Crippen LogP contribution >= 0.6 is 0 Å². The van der Waals surface area contributed by atoms with Gasteiger partial charge in [-0.1, -0.05) is 0 Å². The molecule has 0 aromatic heterocycles. The average Bonchev–Trinajstić information content (AvgIpc) is 2.77. The van der Waals surface area contributed by atoms with E-state index in [1.54, 1.807) is 24.3 Å². The zero-order valence-corrected chi connectivity index (χ0v) is 10.2. The molecule has 1 aromatic rings. The van der Waals surface area contributed by atoms with Crippen LogP contribution in [0.3, 0.4) is 0 Å². The number of hydrogen-bond donors (Lipinski definition) is 2. The van der Waals surface area contributed by atoms with Crippen molar-refractivity contribution in [2.24, 2.45) is 0 Å². The molecule has 1 aliphatic heterocycles. The number of β-amino-alcohol motifs (C(OH)–C–C–N with tert-alkyl or cyclic N) is 2. The Labute approximate surface area is 110 Å². The van der Waals surface area contributed by atoms with Crippen LogP contribution < -0.4 is 4.74 Å². The van der Waals surface area contributed by atoms with E-state index in [0.29, 0.717) is 11.3 Å². The lowest BCUT2D eigenvalue weighted by molar-refractivity contribution is -0.132. The van der Waals surface area contributed by atoms with Crippen LogP contribution in [0.4, 0.5) is 0 Å². The molecule has 0 spiro atoms. The van der Waals surface area contributed by atoms with E-state index in [4.69, 9.17) is 10.00 Å². The molecule has 0 aliphatic carbocycles. The van der Waals surface area contributed by atoms with Crippen molar-refractivity contribution in [2.45, 2.75) is 12.2 Å². The van der Waals surface area contributed by atoms with Gasteiger partial charge >= 0.3 is 0 Å². The van der Waals surface area contributed by atoms with E-state index in [-0.39, 0.29) is 25.6 Å². The van der Waals surface area contributed by atoms with E-state index in [9.17, 15) is 15.0 Å². The first-order valence-electron chi connectivity index (χ1n) is 5.87. The minimum Gasteiger partial charge on any atom is -0.484 e. The smallest absolute Gasteiger partial charge is 0.260 e. The van der Waals surface area contributed by atoms with Crippen LogP contribution in [-0.2, 0) is 4.79 Å². The van der Waals surface area contributed by atoms with Crippen LogP contribution in [0.2, 0.25) is 0 Å². The lowest BCUT2D eigenvalue weighted by Crippen LogP contribution is -2.33. The standard InChI is InChI=1S/C13H14N2O4/c14-5-9-1-3-10(4-2-9)19-8-13(18)15-6-11(16)12(17)7-15/h1-4,11-12,16-17H,6-8H2/t11-,12+. The molecule has 6 nitrogen and oxygen atoms in total. The van der Waals surface area contributed by atoms with Gasteiger partial charge in [0.25, 0.3) is 5.91 Å². The molecule has 0 radical (unpaired) electrons. The van der Waals surface area contributed by atoms with Gasteiger partial charge in [0.2, 0.25) is 0 Å². The number of aliphatic hydroxyl groups excluding tert-OH is 2. The van der Waals surface area contributed by atoms with Crippen LogP contribution in [0.5, 0.6) is 5.75 Å². The van der Waals surface area contributed by atoms with Crippen molar-refractivity contribution in [3.05, 3.63) is 29.8 Å². The predicted molar refractivity (Wildman–Crippen MR) is 65.2 cm³/mol. The molecule has 2 N–H and O–H groups in total. The summed E-state index contributed by atoms with van der Waals surface area (Å²) in [5.74, 6) is 0.201. The molecule has 0 bridgehead atoms. The van der Waals surface area contributed by atoms with Crippen LogP contribution in [-0.4, -0.2) is 52.9 Å². The normalized spacial score (nSPS) is 22.1. The van der Waals surface area contributed by atoms with Gasteiger partial charge in [-0.3, -0.25) is 4.79 Å². The fourth-order valence-electron chi connectivity index (χ4n) is 1.84.